The normalized spacial score (nSPS) is 33.2. The van der Waals surface area contributed by atoms with Gasteiger partial charge in [-0.3, -0.25) is 4.21 Å². The molecule has 0 bridgehead atoms. The second kappa shape index (κ2) is 3.88. The second-order valence-corrected chi connectivity index (χ2v) is 5.52. The molecule has 12 heavy (non-hydrogen) atoms. The molecule has 2 rings (SSSR count). The summed E-state index contributed by atoms with van der Waals surface area (Å²) in [6.07, 6.45) is 6.60. The van der Waals surface area contributed by atoms with Crippen molar-refractivity contribution in [3.05, 3.63) is 0 Å². The van der Waals surface area contributed by atoms with Crippen LogP contribution in [-0.4, -0.2) is 27.9 Å². The van der Waals surface area contributed by atoms with Crippen molar-refractivity contribution in [3.63, 3.8) is 0 Å². The van der Waals surface area contributed by atoms with Crippen LogP contribution in [0.25, 0.3) is 0 Å². The van der Waals surface area contributed by atoms with Crippen molar-refractivity contribution in [2.45, 2.75) is 43.5 Å². The Kier molecular flexibility index (Phi) is 2.81. The van der Waals surface area contributed by atoms with Gasteiger partial charge in [-0.05, 0) is 12.8 Å². The lowest BCUT2D eigenvalue weighted by atomic mass is 10.0. The molecule has 0 N–H and O–H groups in total. The van der Waals surface area contributed by atoms with Crippen molar-refractivity contribution in [1.82, 2.24) is 0 Å². The van der Waals surface area contributed by atoms with Crippen LogP contribution in [0.3, 0.4) is 0 Å². The highest BCUT2D eigenvalue weighted by Gasteiger charge is 2.29. The van der Waals surface area contributed by atoms with Crippen molar-refractivity contribution >= 4 is 10.8 Å². The molecule has 3 heteroatoms. The molecule has 2 unspecified atom stereocenters. The van der Waals surface area contributed by atoms with Gasteiger partial charge in [-0.2, -0.15) is 0 Å². The highest BCUT2D eigenvalue weighted by molar-refractivity contribution is 7.85. The van der Waals surface area contributed by atoms with E-state index in [1.54, 1.807) is 0 Å². The van der Waals surface area contributed by atoms with Crippen molar-refractivity contribution in [1.29, 1.82) is 0 Å². The van der Waals surface area contributed by atoms with Crippen LogP contribution in [0.15, 0.2) is 0 Å². The molecule has 1 heterocycles. The third-order valence-corrected chi connectivity index (χ3v) is 4.59. The van der Waals surface area contributed by atoms with Crippen molar-refractivity contribution in [2.24, 2.45) is 0 Å². The topological polar surface area (TPSA) is 29.6 Å². The van der Waals surface area contributed by atoms with Crippen LogP contribution < -0.4 is 0 Å². The van der Waals surface area contributed by atoms with Gasteiger partial charge in [0.1, 0.15) is 0 Å². The summed E-state index contributed by atoms with van der Waals surface area (Å²) in [6.45, 7) is 0.846. The summed E-state index contributed by atoms with van der Waals surface area (Å²) in [5.74, 6) is 0.796. The molecule has 0 spiro atoms. The fraction of sp³-hybridized carbons (Fsp3) is 1.00. The zero-order chi connectivity index (χ0) is 8.39. The first-order valence-electron chi connectivity index (χ1n) is 4.85. The molecule has 0 radical (unpaired) electrons. The molecule has 0 aromatic heterocycles. The molecular weight excluding hydrogens is 172 g/mol. The maximum absolute atomic E-state index is 11.7. The molecule has 2 atom stereocenters. The molecule has 1 aliphatic heterocycles. The van der Waals surface area contributed by atoms with Crippen LogP contribution in [0.1, 0.15) is 32.1 Å². The summed E-state index contributed by atoms with van der Waals surface area (Å²) in [5, 5.41) is 0.489. The lowest BCUT2D eigenvalue weighted by molar-refractivity contribution is 0.423. The lowest BCUT2D eigenvalue weighted by Gasteiger charge is -2.20. The van der Waals surface area contributed by atoms with E-state index in [-0.39, 0.29) is 0 Å². The Balaban J connectivity index is 1.76. The van der Waals surface area contributed by atoms with Gasteiger partial charge >= 0.3 is 0 Å². The van der Waals surface area contributed by atoms with E-state index in [1.807, 2.05) is 0 Å². The third kappa shape index (κ3) is 2.30. The summed E-state index contributed by atoms with van der Waals surface area (Å²) in [7, 11) is -0.599. The highest BCUT2D eigenvalue weighted by Crippen LogP contribution is 2.24. The second-order valence-electron chi connectivity index (χ2n) is 3.76. The number of rotatable bonds is 3. The molecule has 1 saturated carbocycles. The predicted octanol–water partition coefficient (Wildman–Crippen LogP) is 1.47. The van der Waals surface area contributed by atoms with Crippen LogP contribution in [0.2, 0.25) is 0 Å². The Morgan fingerprint density at radius 2 is 1.92 bits per heavy atom. The summed E-state index contributed by atoms with van der Waals surface area (Å²) >= 11 is 0. The first-order chi connectivity index (χ1) is 5.86. The summed E-state index contributed by atoms with van der Waals surface area (Å²) in [6, 6.07) is 0. The SMILES string of the molecule is O=S(CC1CO1)C1CCCCC1. The van der Waals surface area contributed by atoms with Crippen LogP contribution in [-0.2, 0) is 15.5 Å². The standard InChI is InChI=1S/C9H16O2S/c10-12(7-8-6-11-8)9-4-2-1-3-5-9/h8-9H,1-7H2. The van der Waals surface area contributed by atoms with Crippen molar-refractivity contribution < 1.29 is 8.95 Å². The van der Waals surface area contributed by atoms with E-state index in [2.05, 4.69) is 0 Å². The minimum absolute atomic E-state index is 0.341. The Bertz CT molecular complexity index is 171. The molecular formula is C9H16O2S. The molecule has 0 aromatic rings. The van der Waals surface area contributed by atoms with Gasteiger partial charge < -0.3 is 4.74 Å². The number of ether oxygens (including phenoxy) is 1. The number of hydrogen-bond acceptors (Lipinski definition) is 2. The first kappa shape index (κ1) is 8.70. The van der Waals surface area contributed by atoms with E-state index in [1.165, 1.54) is 32.1 Å². The first-order valence-corrected chi connectivity index (χ1v) is 6.23. The van der Waals surface area contributed by atoms with E-state index in [9.17, 15) is 4.21 Å². The summed E-state index contributed by atoms with van der Waals surface area (Å²) < 4.78 is 16.8. The van der Waals surface area contributed by atoms with Crippen LogP contribution in [0.4, 0.5) is 0 Å². The zero-order valence-corrected chi connectivity index (χ0v) is 8.15. The largest absolute Gasteiger partial charge is 0.372 e. The number of hydrogen-bond donors (Lipinski definition) is 0. The van der Waals surface area contributed by atoms with Gasteiger partial charge in [-0.1, -0.05) is 19.3 Å². The molecule has 0 amide bonds. The fourth-order valence-corrected chi connectivity index (χ4v) is 3.50. The Morgan fingerprint density at radius 1 is 1.25 bits per heavy atom. The van der Waals surface area contributed by atoms with Crippen LogP contribution >= 0.6 is 0 Å². The lowest BCUT2D eigenvalue weighted by Crippen LogP contribution is -2.22. The number of epoxide rings is 1. The zero-order valence-electron chi connectivity index (χ0n) is 7.33. The van der Waals surface area contributed by atoms with Crippen molar-refractivity contribution in [2.75, 3.05) is 12.4 Å². The Morgan fingerprint density at radius 3 is 2.50 bits per heavy atom. The molecule has 2 fully saturated rings. The van der Waals surface area contributed by atoms with Crippen LogP contribution in [0.5, 0.6) is 0 Å². The van der Waals surface area contributed by atoms with Gasteiger partial charge in [0.05, 0.1) is 18.5 Å². The minimum Gasteiger partial charge on any atom is -0.372 e. The highest BCUT2D eigenvalue weighted by atomic mass is 32.2. The summed E-state index contributed by atoms with van der Waals surface area (Å²) in [4.78, 5) is 0. The molecule has 1 saturated heterocycles. The molecule has 1 aliphatic carbocycles. The van der Waals surface area contributed by atoms with Gasteiger partial charge in [-0.15, -0.1) is 0 Å². The monoisotopic (exact) mass is 188 g/mol. The quantitative estimate of drug-likeness (QED) is 0.628. The van der Waals surface area contributed by atoms with Crippen molar-refractivity contribution in [3.8, 4) is 0 Å². The maximum Gasteiger partial charge on any atom is 0.0924 e. The minimum atomic E-state index is -0.599. The molecule has 0 aromatic carbocycles. The fourth-order valence-electron chi connectivity index (χ4n) is 1.81. The molecule has 2 aliphatic rings. The maximum atomic E-state index is 11.7. The average molecular weight is 188 g/mol. The summed E-state index contributed by atoms with van der Waals surface area (Å²) in [5.41, 5.74) is 0. The predicted molar refractivity (Wildman–Crippen MR) is 49.6 cm³/mol. The van der Waals surface area contributed by atoms with Gasteiger partial charge in [-0.25, -0.2) is 0 Å². The Labute approximate surface area is 76.1 Å². The van der Waals surface area contributed by atoms with E-state index in [4.69, 9.17) is 4.74 Å². The van der Waals surface area contributed by atoms with Gasteiger partial charge in [0.2, 0.25) is 0 Å². The van der Waals surface area contributed by atoms with Gasteiger partial charge in [0.25, 0.3) is 0 Å². The van der Waals surface area contributed by atoms with Gasteiger partial charge in [0.15, 0.2) is 0 Å². The van der Waals surface area contributed by atoms with Crippen LogP contribution in [0, 0.1) is 0 Å². The third-order valence-electron chi connectivity index (χ3n) is 2.68. The smallest absolute Gasteiger partial charge is 0.0924 e. The van der Waals surface area contributed by atoms with E-state index >= 15 is 0 Å². The Hall–Kier alpha value is 0.110. The van der Waals surface area contributed by atoms with E-state index < -0.39 is 10.8 Å². The molecule has 2 nitrogen and oxygen atoms in total. The van der Waals surface area contributed by atoms with Gasteiger partial charge in [0, 0.05) is 16.0 Å². The molecule has 70 valence electrons. The van der Waals surface area contributed by atoms with E-state index in [0.29, 0.717) is 11.4 Å². The average Bonchev–Trinajstić information content (AvgIpc) is 2.90. The van der Waals surface area contributed by atoms with E-state index in [0.717, 1.165) is 12.4 Å².